The highest BCUT2D eigenvalue weighted by Crippen LogP contribution is 2.39. The first-order chi connectivity index (χ1) is 12.3. The second-order valence-electron chi connectivity index (χ2n) is 7.15. The van der Waals surface area contributed by atoms with Gasteiger partial charge in [-0.2, -0.15) is 0 Å². The van der Waals surface area contributed by atoms with Crippen molar-refractivity contribution in [3.63, 3.8) is 0 Å². The lowest BCUT2D eigenvalue weighted by atomic mass is 9.87. The largest absolute Gasteiger partial charge is 0.465 e. The summed E-state index contributed by atoms with van der Waals surface area (Å²) in [6.07, 6.45) is 3.27. The van der Waals surface area contributed by atoms with Gasteiger partial charge in [-0.05, 0) is 44.7 Å². The molecule has 5 nitrogen and oxygen atoms in total. The van der Waals surface area contributed by atoms with Gasteiger partial charge in [-0.25, -0.2) is 9.59 Å². The van der Waals surface area contributed by atoms with Crippen LogP contribution in [0.2, 0.25) is 0 Å². The van der Waals surface area contributed by atoms with Crippen LogP contribution in [0.5, 0.6) is 0 Å². The Hall–Kier alpha value is -2.56. The van der Waals surface area contributed by atoms with Crippen molar-refractivity contribution in [2.45, 2.75) is 45.1 Å². The van der Waals surface area contributed by atoms with Gasteiger partial charge in [0, 0.05) is 12.0 Å². The van der Waals surface area contributed by atoms with E-state index in [-0.39, 0.29) is 17.8 Å². The minimum Gasteiger partial charge on any atom is -0.465 e. The summed E-state index contributed by atoms with van der Waals surface area (Å²) < 4.78 is 16.6. The van der Waals surface area contributed by atoms with Crippen LogP contribution in [0, 0.1) is 5.92 Å². The van der Waals surface area contributed by atoms with Gasteiger partial charge < -0.3 is 13.9 Å². The molecule has 138 valence electrons. The molecule has 1 aromatic rings. The van der Waals surface area contributed by atoms with E-state index >= 15 is 0 Å². The van der Waals surface area contributed by atoms with Crippen molar-refractivity contribution in [3.05, 3.63) is 59.1 Å². The number of carbonyl (C=O) groups excluding carboxylic acids is 2. The molecule has 1 aromatic heterocycles. The van der Waals surface area contributed by atoms with E-state index in [1.807, 2.05) is 19.9 Å². The Morgan fingerprint density at radius 2 is 2.00 bits per heavy atom. The molecule has 3 atom stereocenters. The van der Waals surface area contributed by atoms with Crippen LogP contribution in [0.25, 0.3) is 0 Å². The van der Waals surface area contributed by atoms with E-state index in [2.05, 4.69) is 13.2 Å². The maximum atomic E-state index is 12.3. The maximum Gasteiger partial charge on any atom is 0.341 e. The highest BCUT2D eigenvalue weighted by molar-refractivity contribution is 5.92. The zero-order valence-corrected chi connectivity index (χ0v) is 15.5. The van der Waals surface area contributed by atoms with E-state index in [9.17, 15) is 9.59 Å². The quantitative estimate of drug-likeness (QED) is 0.602. The molecule has 5 heteroatoms. The SMILES string of the molecule is C=C(C)C1CCC2=CC(OC2=O)C(C(=C)C)c2cc(C(=O)OC)c(o2)C1. The van der Waals surface area contributed by atoms with Crippen LogP contribution < -0.4 is 0 Å². The zero-order valence-electron chi connectivity index (χ0n) is 15.5. The van der Waals surface area contributed by atoms with Crippen LogP contribution in [0.3, 0.4) is 0 Å². The van der Waals surface area contributed by atoms with Crippen LogP contribution >= 0.6 is 0 Å². The smallest absolute Gasteiger partial charge is 0.341 e. The van der Waals surface area contributed by atoms with Gasteiger partial charge >= 0.3 is 11.9 Å². The van der Waals surface area contributed by atoms with Crippen molar-refractivity contribution in [2.75, 3.05) is 7.11 Å². The molecule has 3 unspecified atom stereocenters. The summed E-state index contributed by atoms with van der Waals surface area (Å²) in [5.41, 5.74) is 2.88. The van der Waals surface area contributed by atoms with Crippen molar-refractivity contribution in [3.8, 4) is 0 Å². The Bertz CT molecular complexity index is 810. The van der Waals surface area contributed by atoms with Crippen molar-refractivity contribution in [2.24, 2.45) is 5.92 Å². The summed E-state index contributed by atoms with van der Waals surface area (Å²) in [7, 11) is 1.35. The number of ether oxygens (including phenoxy) is 2. The molecule has 0 spiro atoms. The fourth-order valence-corrected chi connectivity index (χ4v) is 3.65. The number of furan rings is 1. The van der Waals surface area contributed by atoms with Gasteiger partial charge in [0.2, 0.25) is 0 Å². The first-order valence-electron chi connectivity index (χ1n) is 8.75. The summed E-state index contributed by atoms with van der Waals surface area (Å²) in [5, 5.41) is 0. The first kappa shape index (κ1) is 18.2. The predicted molar refractivity (Wildman–Crippen MR) is 96.8 cm³/mol. The summed E-state index contributed by atoms with van der Waals surface area (Å²) in [6.45, 7) is 11.9. The number of rotatable bonds is 3. The Kier molecular flexibility index (Phi) is 4.90. The van der Waals surface area contributed by atoms with Gasteiger partial charge in [0.05, 0.1) is 13.0 Å². The topological polar surface area (TPSA) is 65.7 Å². The van der Waals surface area contributed by atoms with E-state index in [0.717, 1.165) is 17.6 Å². The molecule has 0 saturated carbocycles. The van der Waals surface area contributed by atoms with E-state index in [1.165, 1.54) is 7.11 Å². The van der Waals surface area contributed by atoms with Gasteiger partial charge in [-0.3, -0.25) is 0 Å². The number of hydrogen-bond donors (Lipinski definition) is 0. The molecule has 0 N–H and O–H groups in total. The number of carbonyl (C=O) groups is 2. The minimum absolute atomic E-state index is 0.0894. The number of hydrogen-bond acceptors (Lipinski definition) is 5. The second-order valence-corrected chi connectivity index (χ2v) is 7.15. The number of esters is 2. The third-order valence-corrected chi connectivity index (χ3v) is 5.16. The van der Waals surface area contributed by atoms with Crippen LogP contribution in [0.1, 0.15) is 54.5 Å². The van der Waals surface area contributed by atoms with E-state index in [1.54, 1.807) is 6.07 Å². The lowest BCUT2D eigenvalue weighted by Crippen LogP contribution is -2.19. The molecule has 0 saturated heterocycles. The average molecular weight is 356 g/mol. The molecule has 2 aliphatic rings. The lowest BCUT2D eigenvalue weighted by Gasteiger charge is -2.20. The molecule has 3 rings (SSSR count). The Morgan fingerprint density at radius 1 is 1.27 bits per heavy atom. The maximum absolute atomic E-state index is 12.3. The van der Waals surface area contributed by atoms with E-state index in [0.29, 0.717) is 35.5 Å². The van der Waals surface area contributed by atoms with E-state index < -0.39 is 12.1 Å². The van der Waals surface area contributed by atoms with Gasteiger partial charge in [0.1, 0.15) is 23.2 Å². The number of allylic oxidation sites excluding steroid dienone is 1. The van der Waals surface area contributed by atoms with Crippen LogP contribution in [0.4, 0.5) is 0 Å². The molecule has 0 aromatic carbocycles. The first-order valence-corrected chi connectivity index (χ1v) is 8.75. The number of fused-ring (bicyclic) bond motifs is 3. The average Bonchev–Trinajstić information content (AvgIpc) is 3.12. The molecule has 4 bridgehead atoms. The number of methoxy groups -OCH3 is 1. The molecule has 0 radical (unpaired) electrons. The second kappa shape index (κ2) is 6.98. The molecule has 0 amide bonds. The minimum atomic E-state index is -0.471. The molecular formula is C21H24O5. The fraction of sp³-hybridized carbons (Fsp3) is 0.429. The van der Waals surface area contributed by atoms with Crippen LogP contribution in [-0.2, 0) is 20.7 Å². The molecule has 26 heavy (non-hydrogen) atoms. The van der Waals surface area contributed by atoms with Gasteiger partial charge in [0.15, 0.2) is 0 Å². The highest BCUT2D eigenvalue weighted by atomic mass is 16.5. The Morgan fingerprint density at radius 3 is 2.62 bits per heavy atom. The Labute approximate surface area is 153 Å². The van der Waals surface area contributed by atoms with Crippen LogP contribution in [0.15, 0.2) is 46.4 Å². The molecular weight excluding hydrogens is 332 g/mol. The van der Waals surface area contributed by atoms with Gasteiger partial charge in [-0.15, -0.1) is 0 Å². The van der Waals surface area contributed by atoms with Crippen molar-refractivity contribution in [1.82, 2.24) is 0 Å². The zero-order chi connectivity index (χ0) is 19.0. The third kappa shape index (κ3) is 3.26. The van der Waals surface area contributed by atoms with Gasteiger partial charge in [-0.1, -0.05) is 24.3 Å². The molecule has 3 heterocycles. The normalized spacial score (nSPS) is 25.0. The molecule has 0 fully saturated rings. The van der Waals surface area contributed by atoms with E-state index in [4.69, 9.17) is 13.9 Å². The summed E-state index contributed by atoms with van der Waals surface area (Å²) in [4.78, 5) is 24.5. The van der Waals surface area contributed by atoms with Crippen molar-refractivity contribution >= 4 is 11.9 Å². The van der Waals surface area contributed by atoms with Crippen molar-refractivity contribution in [1.29, 1.82) is 0 Å². The van der Waals surface area contributed by atoms with Gasteiger partial charge in [0.25, 0.3) is 0 Å². The predicted octanol–water partition coefficient (Wildman–Crippen LogP) is 4.11. The summed E-state index contributed by atoms with van der Waals surface area (Å²) >= 11 is 0. The van der Waals surface area contributed by atoms with Crippen molar-refractivity contribution < 1.29 is 23.5 Å². The monoisotopic (exact) mass is 356 g/mol. The summed E-state index contributed by atoms with van der Waals surface area (Å²) in [5.74, 6) is 0.169. The lowest BCUT2D eigenvalue weighted by molar-refractivity contribution is -0.140. The third-order valence-electron chi connectivity index (χ3n) is 5.16. The molecule has 0 aliphatic carbocycles. The highest BCUT2D eigenvalue weighted by Gasteiger charge is 2.37. The Balaban J connectivity index is 2.14. The van der Waals surface area contributed by atoms with Crippen LogP contribution in [-0.4, -0.2) is 25.2 Å². The standard InChI is InChI=1S/C21H24O5/c1-11(2)13-6-7-14-9-17(26-20(14)22)19(12(3)4)18-10-15(21(23)24-5)16(8-13)25-18/h9-10,13,17,19H,1,3,6-8H2,2,4-5H3. The fourth-order valence-electron chi connectivity index (χ4n) is 3.65. The molecule has 2 aliphatic heterocycles. The summed E-state index contributed by atoms with van der Waals surface area (Å²) in [6, 6.07) is 1.69.